The van der Waals surface area contributed by atoms with E-state index in [4.69, 9.17) is 4.42 Å². The second kappa shape index (κ2) is 12.0. The van der Waals surface area contributed by atoms with Crippen molar-refractivity contribution in [1.82, 2.24) is 20.4 Å². The van der Waals surface area contributed by atoms with Gasteiger partial charge in [-0.3, -0.25) is 14.5 Å². The summed E-state index contributed by atoms with van der Waals surface area (Å²) in [5, 5.41) is 8.81. The zero-order valence-corrected chi connectivity index (χ0v) is 23.4. The van der Waals surface area contributed by atoms with Gasteiger partial charge in [-0.15, -0.1) is 11.3 Å². The van der Waals surface area contributed by atoms with Gasteiger partial charge in [0, 0.05) is 55.4 Å². The first-order valence-corrected chi connectivity index (χ1v) is 14.8. The van der Waals surface area contributed by atoms with Crippen molar-refractivity contribution in [3.05, 3.63) is 58.5 Å². The summed E-state index contributed by atoms with van der Waals surface area (Å²) in [5.74, 6) is 1.96. The van der Waals surface area contributed by atoms with E-state index in [9.17, 15) is 9.59 Å². The van der Waals surface area contributed by atoms with Crippen LogP contribution in [0.5, 0.6) is 0 Å². The van der Waals surface area contributed by atoms with Gasteiger partial charge in [0.15, 0.2) is 0 Å². The number of carbonyl (C=O) groups is 2. The first kappa shape index (κ1) is 26.9. The molecule has 1 aromatic rings. The number of carbonyl (C=O) groups excluding carboxylic acids is 2. The molecule has 1 aromatic heterocycles. The van der Waals surface area contributed by atoms with Gasteiger partial charge in [-0.1, -0.05) is 18.2 Å². The number of hydrogen-bond donors (Lipinski definition) is 2. The largest absolute Gasteiger partial charge is 0.461 e. The van der Waals surface area contributed by atoms with Gasteiger partial charge in [0.25, 0.3) is 0 Å². The Labute approximate surface area is 229 Å². The van der Waals surface area contributed by atoms with Crippen LogP contribution >= 0.6 is 11.3 Å². The van der Waals surface area contributed by atoms with Crippen LogP contribution in [0.1, 0.15) is 55.6 Å². The van der Waals surface area contributed by atoms with E-state index < -0.39 is 0 Å². The van der Waals surface area contributed by atoms with Crippen LogP contribution in [0.4, 0.5) is 0 Å². The number of nitrogens with zero attached hydrogens (tertiary/aromatic N) is 2. The van der Waals surface area contributed by atoms with Crippen LogP contribution in [-0.2, 0) is 21.5 Å². The third kappa shape index (κ3) is 5.98. The molecule has 8 heteroatoms. The third-order valence-electron chi connectivity index (χ3n) is 8.41. The van der Waals surface area contributed by atoms with E-state index in [2.05, 4.69) is 53.2 Å². The fourth-order valence-electron chi connectivity index (χ4n) is 6.16. The van der Waals surface area contributed by atoms with E-state index in [0.29, 0.717) is 32.2 Å². The maximum Gasteiger partial charge on any atom is 0.222 e. The fourth-order valence-corrected chi connectivity index (χ4v) is 7.23. The molecule has 0 spiro atoms. The lowest BCUT2D eigenvalue weighted by Gasteiger charge is -2.44. The van der Waals surface area contributed by atoms with E-state index in [1.54, 1.807) is 0 Å². The number of hydrogen-bond acceptors (Lipinski definition) is 6. The summed E-state index contributed by atoms with van der Waals surface area (Å²) < 4.78 is 6.04. The monoisotopic (exact) mass is 536 g/mol. The first-order valence-electron chi connectivity index (χ1n) is 13.9. The summed E-state index contributed by atoms with van der Waals surface area (Å²) in [5.41, 5.74) is 1.17. The van der Waals surface area contributed by atoms with Gasteiger partial charge in [-0.05, 0) is 75.8 Å². The van der Waals surface area contributed by atoms with Crippen molar-refractivity contribution in [2.75, 3.05) is 33.7 Å². The molecular formula is C30H40N4O3S. The molecule has 1 saturated carbocycles. The normalized spacial score (nSPS) is 24.1. The summed E-state index contributed by atoms with van der Waals surface area (Å²) in [6.45, 7) is 2.24. The molecule has 3 heterocycles. The molecule has 2 aliphatic carbocycles. The number of fused-ring (bicyclic) bond motifs is 1. The van der Waals surface area contributed by atoms with Crippen LogP contribution in [-0.4, -0.2) is 67.4 Å². The van der Waals surface area contributed by atoms with Gasteiger partial charge in [0.05, 0.1) is 11.6 Å². The summed E-state index contributed by atoms with van der Waals surface area (Å²) in [7, 11) is 4.32. The Kier molecular flexibility index (Phi) is 8.51. The molecule has 1 atom stereocenters. The molecule has 0 bridgehead atoms. The van der Waals surface area contributed by atoms with Gasteiger partial charge in [-0.25, -0.2) is 0 Å². The Hall–Kier alpha value is -2.68. The predicted octanol–water partition coefficient (Wildman–Crippen LogP) is 4.48. The highest BCUT2D eigenvalue weighted by Gasteiger charge is 2.39. The average Bonchev–Trinajstić information content (AvgIpc) is 3.62. The van der Waals surface area contributed by atoms with Crippen LogP contribution in [0.2, 0.25) is 0 Å². The van der Waals surface area contributed by atoms with E-state index in [0.717, 1.165) is 55.9 Å². The highest BCUT2D eigenvalue weighted by atomic mass is 32.1. The molecule has 38 heavy (non-hydrogen) atoms. The average molecular weight is 537 g/mol. The molecule has 2 fully saturated rings. The Balaban J connectivity index is 1.07. The SMILES string of the molecule is CN(C)C1(c2cccs2)CCC(NC(=O)CCCC(=O)N2CCNCC2Cc2ccc3cccc-3o2)CC1. The van der Waals surface area contributed by atoms with Crippen LogP contribution in [0, 0.1) is 0 Å². The van der Waals surface area contributed by atoms with Gasteiger partial charge >= 0.3 is 0 Å². The zero-order valence-electron chi connectivity index (χ0n) is 22.6. The summed E-state index contributed by atoms with van der Waals surface area (Å²) in [6, 6.07) is 14.7. The molecule has 1 saturated heterocycles. The lowest BCUT2D eigenvalue weighted by Crippen LogP contribution is -2.54. The summed E-state index contributed by atoms with van der Waals surface area (Å²) in [6.07, 6.45) is 6.09. The Morgan fingerprint density at radius 1 is 1.13 bits per heavy atom. The summed E-state index contributed by atoms with van der Waals surface area (Å²) in [4.78, 5) is 31.6. The second-order valence-electron chi connectivity index (χ2n) is 11.0. The molecule has 0 radical (unpaired) electrons. The molecule has 0 aromatic carbocycles. The number of amides is 2. The smallest absolute Gasteiger partial charge is 0.222 e. The Morgan fingerprint density at radius 2 is 1.97 bits per heavy atom. The predicted molar refractivity (Wildman–Crippen MR) is 151 cm³/mol. The van der Waals surface area contributed by atoms with Gasteiger partial charge in [0.2, 0.25) is 11.8 Å². The fraction of sp³-hybridized carbons (Fsp3) is 0.533. The number of piperazine rings is 1. The Morgan fingerprint density at radius 3 is 2.74 bits per heavy atom. The van der Waals surface area contributed by atoms with Crippen molar-refractivity contribution < 1.29 is 14.0 Å². The number of rotatable bonds is 9. The molecule has 5 rings (SSSR count). The van der Waals surface area contributed by atoms with E-state index in [1.807, 2.05) is 40.5 Å². The first-order chi connectivity index (χ1) is 18.4. The van der Waals surface area contributed by atoms with E-state index in [1.165, 1.54) is 4.88 Å². The molecule has 2 amide bonds. The second-order valence-corrected chi connectivity index (χ2v) is 11.9. The lowest BCUT2D eigenvalue weighted by molar-refractivity contribution is -0.134. The topological polar surface area (TPSA) is 77.8 Å². The molecular weight excluding hydrogens is 496 g/mol. The lowest BCUT2D eigenvalue weighted by atomic mass is 9.77. The van der Waals surface area contributed by atoms with E-state index in [-0.39, 0.29) is 29.4 Å². The van der Waals surface area contributed by atoms with Crippen LogP contribution in [0.3, 0.4) is 0 Å². The minimum absolute atomic E-state index is 0.0591. The standard InChI is InChI=1S/C30H40N4O3S/c1-33(2)30(27-8-5-19-38-27)15-13-23(14-16-30)32-28(35)9-4-10-29(36)34-18-17-31-21-24(34)20-25-12-11-22-6-3-7-26(22)37-25/h3,5-8,11-12,19,23-24,31H,4,9-10,13-18,20-21H2,1-2H3,(H,32,35). The van der Waals surface area contributed by atoms with Crippen molar-refractivity contribution in [3.8, 4) is 11.3 Å². The Bertz CT molecular complexity index is 1170. The minimum Gasteiger partial charge on any atom is -0.461 e. The van der Waals surface area contributed by atoms with E-state index >= 15 is 0 Å². The van der Waals surface area contributed by atoms with Gasteiger partial charge in [-0.2, -0.15) is 0 Å². The van der Waals surface area contributed by atoms with Crippen molar-refractivity contribution in [3.63, 3.8) is 0 Å². The van der Waals surface area contributed by atoms with Crippen molar-refractivity contribution >= 4 is 23.2 Å². The minimum atomic E-state index is 0.0591. The van der Waals surface area contributed by atoms with Crippen molar-refractivity contribution in [2.45, 2.75) is 69.0 Å². The molecule has 2 N–H and O–H groups in total. The molecule has 2 aliphatic heterocycles. The van der Waals surface area contributed by atoms with Gasteiger partial charge < -0.3 is 20.0 Å². The van der Waals surface area contributed by atoms with Crippen molar-refractivity contribution in [2.24, 2.45) is 0 Å². The highest BCUT2D eigenvalue weighted by Crippen LogP contribution is 2.43. The third-order valence-corrected chi connectivity index (χ3v) is 9.48. The maximum atomic E-state index is 13.1. The highest BCUT2D eigenvalue weighted by molar-refractivity contribution is 7.10. The van der Waals surface area contributed by atoms with Gasteiger partial charge in [0.1, 0.15) is 11.5 Å². The number of thiophene rings is 1. The van der Waals surface area contributed by atoms with Crippen LogP contribution < -0.4 is 10.6 Å². The van der Waals surface area contributed by atoms with Crippen molar-refractivity contribution in [1.29, 1.82) is 0 Å². The molecule has 1 unspecified atom stereocenters. The maximum absolute atomic E-state index is 13.1. The summed E-state index contributed by atoms with van der Waals surface area (Å²) >= 11 is 1.82. The number of nitrogens with one attached hydrogen (secondary N) is 2. The molecule has 7 nitrogen and oxygen atoms in total. The zero-order chi connectivity index (χ0) is 26.5. The molecule has 204 valence electrons. The van der Waals surface area contributed by atoms with Crippen LogP contribution in [0.25, 0.3) is 11.3 Å². The van der Waals surface area contributed by atoms with Crippen LogP contribution in [0.15, 0.2) is 52.3 Å². The quantitative estimate of drug-likeness (QED) is 0.422. The molecule has 4 aliphatic rings.